The van der Waals surface area contributed by atoms with Crippen LogP contribution in [0.5, 0.6) is 0 Å². The van der Waals surface area contributed by atoms with Gasteiger partial charge in [0.2, 0.25) is 0 Å². The fourth-order valence-electron chi connectivity index (χ4n) is 1.55. The molecule has 0 saturated carbocycles. The number of likely N-dealkylation sites (tertiary alicyclic amines) is 1. The van der Waals surface area contributed by atoms with E-state index in [-0.39, 0.29) is 6.10 Å². The number of aliphatic hydroxyl groups excluding tert-OH is 1. The van der Waals surface area contributed by atoms with Crippen molar-refractivity contribution in [1.82, 2.24) is 4.90 Å². The van der Waals surface area contributed by atoms with Crippen LogP contribution < -0.4 is 0 Å². The minimum atomic E-state index is -0.128. The molecule has 1 atom stereocenters. The first-order valence-electron chi connectivity index (χ1n) is 5.69. The molecule has 1 saturated heterocycles. The van der Waals surface area contributed by atoms with Gasteiger partial charge in [-0.25, -0.2) is 0 Å². The van der Waals surface area contributed by atoms with E-state index in [0.29, 0.717) is 0 Å². The summed E-state index contributed by atoms with van der Waals surface area (Å²) in [4.78, 5) is 2.45. The molecule has 0 unspecified atom stereocenters. The summed E-state index contributed by atoms with van der Waals surface area (Å²) in [7, 11) is 0. The Morgan fingerprint density at radius 2 is 1.69 bits per heavy atom. The molecule has 1 rings (SSSR count). The summed E-state index contributed by atoms with van der Waals surface area (Å²) in [6, 6.07) is 0. The van der Waals surface area contributed by atoms with Crippen LogP contribution in [0.15, 0.2) is 0 Å². The predicted octanol–water partition coefficient (Wildman–Crippen LogP) is 2.27. The molecule has 13 heavy (non-hydrogen) atoms. The first kappa shape index (κ1) is 12.9. The molecule has 0 amide bonds. The van der Waals surface area contributed by atoms with Crippen LogP contribution in [0.25, 0.3) is 0 Å². The Bertz CT molecular complexity index is 98.3. The lowest BCUT2D eigenvalue weighted by Gasteiger charge is -2.26. The van der Waals surface area contributed by atoms with Crippen molar-refractivity contribution in [3.8, 4) is 0 Å². The predicted molar refractivity (Wildman–Crippen MR) is 57.9 cm³/mol. The van der Waals surface area contributed by atoms with Crippen molar-refractivity contribution in [2.45, 2.75) is 52.6 Å². The van der Waals surface area contributed by atoms with Gasteiger partial charge in [-0.2, -0.15) is 0 Å². The maximum Gasteiger partial charge on any atom is 0.0524 e. The van der Waals surface area contributed by atoms with E-state index in [4.69, 9.17) is 5.11 Å². The maximum atomic E-state index is 9.06. The number of rotatable bonds is 3. The van der Waals surface area contributed by atoms with Gasteiger partial charge in [0.15, 0.2) is 0 Å². The smallest absolute Gasteiger partial charge is 0.0524 e. The van der Waals surface area contributed by atoms with Gasteiger partial charge in [-0.3, -0.25) is 0 Å². The Hall–Kier alpha value is -0.0800. The quantitative estimate of drug-likeness (QED) is 0.732. The highest BCUT2D eigenvalue weighted by Crippen LogP contribution is 2.09. The van der Waals surface area contributed by atoms with Crippen molar-refractivity contribution in [2.24, 2.45) is 0 Å². The molecule has 1 heterocycles. The van der Waals surface area contributed by atoms with Crippen LogP contribution in [0, 0.1) is 0 Å². The molecule has 2 nitrogen and oxygen atoms in total. The van der Waals surface area contributed by atoms with Crippen molar-refractivity contribution >= 4 is 0 Å². The lowest BCUT2D eigenvalue weighted by atomic mass is 10.1. The minimum Gasteiger partial charge on any atom is -0.393 e. The van der Waals surface area contributed by atoms with Crippen molar-refractivity contribution in [1.29, 1.82) is 0 Å². The fraction of sp³-hybridized carbons (Fsp3) is 1.00. The van der Waals surface area contributed by atoms with Crippen LogP contribution in [-0.2, 0) is 0 Å². The highest BCUT2D eigenvalue weighted by atomic mass is 16.3. The van der Waals surface area contributed by atoms with Gasteiger partial charge in [0.05, 0.1) is 6.10 Å². The molecule has 0 spiro atoms. The summed E-state index contributed by atoms with van der Waals surface area (Å²) >= 11 is 0. The lowest BCUT2D eigenvalue weighted by molar-refractivity contribution is 0.146. The first-order chi connectivity index (χ1) is 6.29. The highest BCUT2D eigenvalue weighted by Gasteiger charge is 2.09. The van der Waals surface area contributed by atoms with Crippen molar-refractivity contribution in [3.05, 3.63) is 0 Å². The molecule has 1 aliphatic heterocycles. The number of nitrogens with zero attached hydrogens (tertiary/aromatic N) is 1. The molecule has 1 N–H and O–H groups in total. The van der Waals surface area contributed by atoms with Gasteiger partial charge in [-0.1, -0.05) is 20.3 Å². The zero-order valence-corrected chi connectivity index (χ0v) is 9.42. The van der Waals surface area contributed by atoms with Gasteiger partial charge in [0.25, 0.3) is 0 Å². The van der Waals surface area contributed by atoms with E-state index in [1.54, 1.807) is 0 Å². The van der Waals surface area contributed by atoms with E-state index in [1.807, 2.05) is 20.8 Å². The Morgan fingerprint density at radius 3 is 2.15 bits per heavy atom. The minimum absolute atomic E-state index is 0.128. The Labute approximate surface area is 82.9 Å². The number of hydrogen-bond donors (Lipinski definition) is 1. The van der Waals surface area contributed by atoms with E-state index < -0.39 is 0 Å². The normalized spacial score (nSPS) is 20.3. The zero-order chi connectivity index (χ0) is 10.1. The molecule has 1 fully saturated rings. The van der Waals surface area contributed by atoms with Crippen molar-refractivity contribution in [3.63, 3.8) is 0 Å². The molecule has 80 valence electrons. The highest BCUT2D eigenvalue weighted by molar-refractivity contribution is 4.65. The lowest BCUT2D eigenvalue weighted by Crippen LogP contribution is -2.31. The second-order valence-corrected chi connectivity index (χ2v) is 3.54. The topological polar surface area (TPSA) is 23.5 Å². The van der Waals surface area contributed by atoms with Crippen molar-refractivity contribution in [2.75, 3.05) is 19.6 Å². The van der Waals surface area contributed by atoms with E-state index in [0.717, 1.165) is 13.0 Å². The third kappa shape index (κ3) is 7.03. The number of piperidine rings is 1. The van der Waals surface area contributed by atoms with Crippen molar-refractivity contribution < 1.29 is 5.11 Å². The third-order valence-corrected chi connectivity index (χ3v) is 2.31. The van der Waals surface area contributed by atoms with Gasteiger partial charge in [-0.05, 0) is 39.3 Å². The Morgan fingerprint density at radius 1 is 1.15 bits per heavy atom. The number of hydrogen-bond acceptors (Lipinski definition) is 2. The van der Waals surface area contributed by atoms with Gasteiger partial charge in [-0.15, -0.1) is 0 Å². The third-order valence-electron chi connectivity index (χ3n) is 2.31. The van der Waals surface area contributed by atoms with Gasteiger partial charge in [0.1, 0.15) is 0 Å². The second-order valence-electron chi connectivity index (χ2n) is 3.54. The van der Waals surface area contributed by atoms with Crippen LogP contribution in [0.1, 0.15) is 46.5 Å². The van der Waals surface area contributed by atoms with Gasteiger partial charge >= 0.3 is 0 Å². The summed E-state index contributed by atoms with van der Waals surface area (Å²) in [6.07, 6.45) is 4.89. The average molecular weight is 187 g/mol. The Kier molecular flexibility index (Phi) is 8.46. The Balaban J connectivity index is 0.000000671. The van der Waals surface area contributed by atoms with E-state index >= 15 is 0 Å². The molecule has 0 aromatic heterocycles. The first-order valence-corrected chi connectivity index (χ1v) is 5.69. The van der Waals surface area contributed by atoms with Crippen LogP contribution in [0.4, 0.5) is 0 Å². The molecule has 0 radical (unpaired) electrons. The molecular weight excluding hydrogens is 162 g/mol. The largest absolute Gasteiger partial charge is 0.393 e. The SMILES string of the molecule is CC.C[C@@H](O)CCN1CCCCC1. The van der Waals surface area contributed by atoms with Gasteiger partial charge < -0.3 is 10.0 Å². The summed E-state index contributed by atoms with van der Waals surface area (Å²) in [5, 5.41) is 9.06. The average Bonchev–Trinajstić information content (AvgIpc) is 2.19. The molecule has 0 aromatic carbocycles. The standard InChI is InChI=1S/C9H19NO.C2H6/c1-9(11)5-8-10-6-3-2-4-7-10;1-2/h9,11H,2-8H2,1H3;1-2H3/t9-;/m1./s1. The molecule has 0 aromatic rings. The monoisotopic (exact) mass is 187 g/mol. The van der Waals surface area contributed by atoms with Crippen LogP contribution in [0.3, 0.4) is 0 Å². The second kappa shape index (κ2) is 8.52. The summed E-state index contributed by atoms with van der Waals surface area (Å²) in [5.41, 5.74) is 0. The molecule has 1 aliphatic rings. The zero-order valence-electron chi connectivity index (χ0n) is 9.42. The van der Waals surface area contributed by atoms with Crippen LogP contribution in [-0.4, -0.2) is 35.7 Å². The maximum absolute atomic E-state index is 9.06. The molecular formula is C11H25NO. The molecule has 0 aliphatic carbocycles. The van der Waals surface area contributed by atoms with E-state index in [1.165, 1.54) is 32.4 Å². The van der Waals surface area contributed by atoms with Gasteiger partial charge in [0, 0.05) is 6.54 Å². The fourth-order valence-corrected chi connectivity index (χ4v) is 1.55. The summed E-state index contributed by atoms with van der Waals surface area (Å²) in [5.74, 6) is 0. The van der Waals surface area contributed by atoms with E-state index in [9.17, 15) is 0 Å². The summed E-state index contributed by atoms with van der Waals surface area (Å²) in [6.45, 7) is 9.43. The molecule has 2 heteroatoms. The van der Waals surface area contributed by atoms with Crippen LogP contribution >= 0.6 is 0 Å². The molecule has 0 bridgehead atoms. The van der Waals surface area contributed by atoms with Crippen LogP contribution in [0.2, 0.25) is 0 Å². The van der Waals surface area contributed by atoms with E-state index in [2.05, 4.69) is 4.90 Å². The number of aliphatic hydroxyl groups is 1. The summed E-state index contributed by atoms with van der Waals surface area (Å²) < 4.78 is 0.